The number of hydrogen-bond acceptors (Lipinski definition) is 8. The molecule has 0 spiro atoms. The number of hydrogen-bond donors (Lipinski definition) is 2. The van der Waals surface area contributed by atoms with Gasteiger partial charge >= 0.3 is 12.0 Å². The fourth-order valence-electron chi connectivity index (χ4n) is 2.11. The van der Waals surface area contributed by atoms with Crippen molar-refractivity contribution in [3.63, 3.8) is 0 Å². The lowest BCUT2D eigenvalue weighted by atomic mass is 10.1. The van der Waals surface area contributed by atoms with Gasteiger partial charge in [-0.15, -0.1) is 4.98 Å². The Morgan fingerprint density at radius 1 is 1.10 bits per heavy atom. The summed E-state index contributed by atoms with van der Waals surface area (Å²) in [6.45, 7) is 6.03. The maximum atomic E-state index is 5.56. The number of nitrogens with two attached hydrogens (primary N) is 1. The van der Waals surface area contributed by atoms with Crippen molar-refractivity contribution in [2.75, 3.05) is 38.3 Å². The predicted molar refractivity (Wildman–Crippen MR) is 74.6 cm³/mol. The van der Waals surface area contributed by atoms with Crippen LogP contribution >= 0.6 is 0 Å². The third-order valence-electron chi connectivity index (χ3n) is 3.08. The van der Waals surface area contributed by atoms with E-state index in [2.05, 4.69) is 25.3 Å². The van der Waals surface area contributed by atoms with Crippen LogP contribution in [-0.2, 0) is 0 Å². The van der Waals surface area contributed by atoms with Gasteiger partial charge in [0, 0.05) is 6.54 Å². The van der Waals surface area contributed by atoms with E-state index in [-0.39, 0.29) is 18.0 Å². The van der Waals surface area contributed by atoms with Gasteiger partial charge in [0.05, 0.1) is 6.61 Å². The molecule has 2 heterocycles. The Hall–Kier alpha value is -1.67. The Labute approximate surface area is 118 Å². The Kier molecular flexibility index (Phi) is 5.75. The van der Waals surface area contributed by atoms with Gasteiger partial charge in [-0.1, -0.05) is 6.42 Å². The van der Waals surface area contributed by atoms with Gasteiger partial charge in [0.15, 0.2) is 0 Å². The van der Waals surface area contributed by atoms with Gasteiger partial charge in [0.2, 0.25) is 5.95 Å². The molecule has 0 bridgehead atoms. The van der Waals surface area contributed by atoms with Crippen molar-refractivity contribution in [3.05, 3.63) is 0 Å². The lowest BCUT2D eigenvalue weighted by molar-refractivity contribution is 0.175. The van der Waals surface area contributed by atoms with Crippen LogP contribution in [0.5, 0.6) is 12.0 Å². The summed E-state index contributed by atoms with van der Waals surface area (Å²) in [6, 6.07) is 0.442. The molecule has 0 radical (unpaired) electrons. The van der Waals surface area contributed by atoms with Crippen molar-refractivity contribution in [2.45, 2.75) is 26.2 Å². The largest absolute Gasteiger partial charge is 0.464 e. The molecule has 0 unspecified atom stereocenters. The number of ether oxygens (including phenoxy) is 2. The third-order valence-corrected chi connectivity index (χ3v) is 3.08. The van der Waals surface area contributed by atoms with Crippen LogP contribution < -0.4 is 20.7 Å². The Morgan fingerprint density at radius 2 is 1.80 bits per heavy atom. The quantitative estimate of drug-likeness (QED) is 0.548. The summed E-state index contributed by atoms with van der Waals surface area (Å²) in [7, 11) is 0. The second-order valence-corrected chi connectivity index (χ2v) is 4.55. The van der Waals surface area contributed by atoms with Gasteiger partial charge in [0.1, 0.15) is 6.61 Å². The molecule has 1 saturated heterocycles. The monoisotopic (exact) mass is 282 g/mol. The van der Waals surface area contributed by atoms with E-state index in [0.29, 0.717) is 13.2 Å². The van der Waals surface area contributed by atoms with E-state index in [0.717, 1.165) is 19.6 Å². The first-order valence-electron chi connectivity index (χ1n) is 7.02. The van der Waals surface area contributed by atoms with Gasteiger partial charge in [-0.3, -0.25) is 10.3 Å². The topological polar surface area (TPSA) is 98.4 Å². The number of nitrogens with one attached hydrogen (secondary N) is 1. The molecule has 2 rings (SSSR count). The molecule has 1 aliphatic heterocycles. The molecular formula is C12H22N6O2. The van der Waals surface area contributed by atoms with E-state index in [1.165, 1.54) is 19.3 Å². The number of nitrogen functional groups attached to an aromatic ring is 1. The molecule has 8 heteroatoms. The average molecular weight is 282 g/mol. The van der Waals surface area contributed by atoms with Crippen LogP contribution in [0.2, 0.25) is 0 Å². The number of nitrogens with zero attached hydrogens (tertiary/aromatic N) is 4. The molecule has 0 amide bonds. The van der Waals surface area contributed by atoms with Crippen LogP contribution in [0.3, 0.4) is 0 Å². The van der Waals surface area contributed by atoms with Crippen LogP contribution in [-0.4, -0.2) is 52.7 Å². The third kappa shape index (κ3) is 4.46. The standard InChI is InChI=1S/C12H22N6O2/c1-2-19-11-14-10(17-13)15-12(16-11)20-9-8-18-6-4-3-5-7-18/h2-9,13H2,1H3,(H,14,15,16,17). The first-order chi connectivity index (χ1) is 9.81. The Morgan fingerprint density at radius 3 is 2.45 bits per heavy atom. The smallest absolute Gasteiger partial charge is 0.324 e. The zero-order valence-electron chi connectivity index (χ0n) is 11.8. The molecule has 0 saturated carbocycles. The summed E-state index contributed by atoms with van der Waals surface area (Å²) in [6.07, 6.45) is 3.86. The number of rotatable bonds is 7. The lowest BCUT2D eigenvalue weighted by Gasteiger charge is -2.25. The van der Waals surface area contributed by atoms with Crippen LogP contribution in [0, 0.1) is 0 Å². The molecule has 112 valence electrons. The molecule has 0 aliphatic carbocycles. The zero-order valence-corrected chi connectivity index (χ0v) is 11.8. The van der Waals surface area contributed by atoms with Gasteiger partial charge in [-0.05, 0) is 32.9 Å². The van der Waals surface area contributed by atoms with Gasteiger partial charge in [-0.25, -0.2) is 5.84 Å². The Bertz CT molecular complexity index is 411. The van der Waals surface area contributed by atoms with Gasteiger partial charge in [-0.2, -0.15) is 9.97 Å². The van der Waals surface area contributed by atoms with Crippen molar-refractivity contribution in [1.29, 1.82) is 0 Å². The van der Waals surface area contributed by atoms with E-state index in [1.54, 1.807) is 0 Å². The molecule has 1 aliphatic rings. The fourth-order valence-corrected chi connectivity index (χ4v) is 2.11. The highest BCUT2D eigenvalue weighted by Gasteiger charge is 2.11. The minimum Gasteiger partial charge on any atom is -0.464 e. The number of likely N-dealkylation sites (tertiary alicyclic amines) is 1. The molecule has 1 aromatic rings. The van der Waals surface area contributed by atoms with Crippen LogP contribution in [0.1, 0.15) is 26.2 Å². The second-order valence-electron chi connectivity index (χ2n) is 4.55. The number of piperidine rings is 1. The van der Waals surface area contributed by atoms with E-state index in [9.17, 15) is 0 Å². The molecule has 8 nitrogen and oxygen atoms in total. The summed E-state index contributed by atoms with van der Waals surface area (Å²) >= 11 is 0. The molecular weight excluding hydrogens is 260 g/mol. The maximum absolute atomic E-state index is 5.56. The summed E-state index contributed by atoms with van der Waals surface area (Å²) in [5, 5.41) is 0. The molecule has 1 fully saturated rings. The van der Waals surface area contributed by atoms with E-state index in [4.69, 9.17) is 15.3 Å². The van der Waals surface area contributed by atoms with E-state index >= 15 is 0 Å². The first kappa shape index (κ1) is 14.7. The molecule has 20 heavy (non-hydrogen) atoms. The predicted octanol–water partition coefficient (Wildman–Crippen LogP) is 0.421. The number of hydrazine groups is 1. The highest BCUT2D eigenvalue weighted by Crippen LogP contribution is 2.13. The summed E-state index contributed by atoms with van der Waals surface area (Å²) in [5.74, 6) is 5.54. The van der Waals surface area contributed by atoms with Crippen molar-refractivity contribution in [2.24, 2.45) is 5.84 Å². The van der Waals surface area contributed by atoms with Crippen molar-refractivity contribution < 1.29 is 9.47 Å². The minimum atomic E-state index is 0.212. The second kappa shape index (κ2) is 7.81. The van der Waals surface area contributed by atoms with E-state index < -0.39 is 0 Å². The molecule has 0 aromatic carbocycles. The minimum absolute atomic E-state index is 0.212. The summed E-state index contributed by atoms with van der Waals surface area (Å²) < 4.78 is 10.8. The highest BCUT2D eigenvalue weighted by molar-refractivity contribution is 5.25. The van der Waals surface area contributed by atoms with Crippen molar-refractivity contribution in [3.8, 4) is 12.0 Å². The van der Waals surface area contributed by atoms with Crippen LogP contribution in [0.4, 0.5) is 5.95 Å². The molecule has 1 aromatic heterocycles. The lowest BCUT2D eigenvalue weighted by Crippen LogP contribution is -2.33. The van der Waals surface area contributed by atoms with Gasteiger partial charge in [0.25, 0.3) is 0 Å². The number of aromatic nitrogens is 3. The molecule has 0 atom stereocenters. The van der Waals surface area contributed by atoms with E-state index in [1.807, 2.05) is 6.92 Å². The highest BCUT2D eigenvalue weighted by atomic mass is 16.5. The SMILES string of the molecule is CCOc1nc(NN)nc(OCCN2CCCCC2)n1. The van der Waals surface area contributed by atoms with Crippen molar-refractivity contribution in [1.82, 2.24) is 19.9 Å². The Balaban J connectivity index is 1.85. The van der Waals surface area contributed by atoms with Crippen molar-refractivity contribution >= 4 is 5.95 Å². The summed E-state index contributed by atoms with van der Waals surface area (Å²) in [5.41, 5.74) is 2.37. The maximum Gasteiger partial charge on any atom is 0.324 e. The average Bonchev–Trinajstić information content (AvgIpc) is 2.48. The normalized spacial score (nSPS) is 15.9. The first-order valence-corrected chi connectivity index (χ1v) is 7.02. The van der Waals surface area contributed by atoms with Crippen LogP contribution in [0.15, 0.2) is 0 Å². The number of anilines is 1. The summed E-state index contributed by atoms with van der Waals surface area (Å²) in [4.78, 5) is 14.5. The fraction of sp³-hybridized carbons (Fsp3) is 0.750. The zero-order chi connectivity index (χ0) is 14.2. The molecule has 3 N–H and O–H groups in total. The van der Waals surface area contributed by atoms with Gasteiger partial charge < -0.3 is 9.47 Å². The van der Waals surface area contributed by atoms with Crippen LogP contribution in [0.25, 0.3) is 0 Å².